The van der Waals surface area contributed by atoms with Gasteiger partial charge in [0.15, 0.2) is 6.10 Å². The van der Waals surface area contributed by atoms with Crippen molar-refractivity contribution in [3.8, 4) is 0 Å². The van der Waals surface area contributed by atoms with Crippen molar-refractivity contribution in [2.45, 2.75) is 39.7 Å². The molecule has 3 nitrogen and oxygen atoms in total. The zero-order valence-electron chi connectivity index (χ0n) is 8.45. The van der Waals surface area contributed by atoms with Crippen molar-refractivity contribution in [2.75, 3.05) is 0 Å². The molecule has 1 rings (SSSR count). The van der Waals surface area contributed by atoms with Crippen molar-refractivity contribution in [1.29, 1.82) is 0 Å². The molecule has 0 heterocycles. The molecule has 1 aliphatic carbocycles. The van der Waals surface area contributed by atoms with E-state index in [1.807, 2.05) is 13.8 Å². The highest BCUT2D eigenvalue weighted by Crippen LogP contribution is 2.48. The predicted molar refractivity (Wildman–Crippen MR) is 49.3 cm³/mol. The number of hydrogen-bond acceptors (Lipinski definition) is 2. The maximum atomic E-state index is 10.6. The number of aliphatic carboxylic acids is 1. The van der Waals surface area contributed by atoms with Gasteiger partial charge in [-0.05, 0) is 24.2 Å². The van der Waals surface area contributed by atoms with Gasteiger partial charge in [0.05, 0.1) is 0 Å². The normalized spacial score (nSPS) is 34.5. The number of hydrogen-bond donors (Lipinski definition) is 2. The van der Waals surface area contributed by atoms with Gasteiger partial charge < -0.3 is 10.2 Å². The van der Waals surface area contributed by atoms with E-state index in [2.05, 4.69) is 6.92 Å². The summed E-state index contributed by atoms with van der Waals surface area (Å²) in [5.74, 6) is -0.696. The summed E-state index contributed by atoms with van der Waals surface area (Å²) in [5.41, 5.74) is -0.0577. The molecule has 0 aromatic heterocycles. The van der Waals surface area contributed by atoms with E-state index in [-0.39, 0.29) is 11.3 Å². The summed E-state index contributed by atoms with van der Waals surface area (Å²) in [4.78, 5) is 10.6. The smallest absolute Gasteiger partial charge is 0.332 e. The molecule has 2 N–H and O–H groups in total. The quantitative estimate of drug-likeness (QED) is 0.687. The minimum atomic E-state index is -1.19. The maximum absolute atomic E-state index is 10.6. The zero-order chi connectivity index (χ0) is 10.2. The van der Waals surface area contributed by atoms with E-state index in [9.17, 15) is 9.90 Å². The summed E-state index contributed by atoms with van der Waals surface area (Å²) in [6.45, 7) is 6.21. The molecule has 0 aromatic rings. The van der Waals surface area contributed by atoms with E-state index in [1.165, 1.54) is 0 Å². The van der Waals surface area contributed by atoms with E-state index in [1.54, 1.807) is 0 Å². The molecule has 1 aliphatic rings. The van der Waals surface area contributed by atoms with Gasteiger partial charge >= 0.3 is 5.97 Å². The average molecular weight is 186 g/mol. The van der Waals surface area contributed by atoms with E-state index < -0.39 is 12.1 Å². The van der Waals surface area contributed by atoms with E-state index in [0.29, 0.717) is 5.92 Å². The molecule has 0 bridgehead atoms. The topological polar surface area (TPSA) is 57.5 Å². The van der Waals surface area contributed by atoms with Crippen molar-refractivity contribution >= 4 is 5.97 Å². The molecule has 0 saturated heterocycles. The fourth-order valence-corrected chi connectivity index (χ4v) is 2.28. The Labute approximate surface area is 78.8 Å². The first kappa shape index (κ1) is 10.5. The molecule has 0 unspecified atom stereocenters. The molecule has 76 valence electrons. The van der Waals surface area contributed by atoms with Gasteiger partial charge in [-0.3, -0.25) is 0 Å². The van der Waals surface area contributed by atoms with Crippen LogP contribution in [0.5, 0.6) is 0 Å². The molecule has 13 heavy (non-hydrogen) atoms. The highest BCUT2D eigenvalue weighted by atomic mass is 16.4. The lowest BCUT2D eigenvalue weighted by Crippen LogP contribution is -2.37. The minimum absolute atomic E-state index is 0.0577. The van der Waals surface area contributed by atoms with Crippen LogP contribution in [0.15, 0.2) is 0 Å². The summed E-state index contributed by atoms with van der Waals surface area (Å²) < 4.78 is 0. The first-order valence-corrected chi connectivity index (χ1v) is 4.78. The summed E-state index contributed by atoms with van der Waals surface area (Å²) in [6.07, 6.45) is 0.642. The lowest BCUT2D eigenvalue weighted by atomic mass is 9.74. The third-order valence-electron chi connectivity index (χ3n) is 3.77. The number of carboxylic acids is 1. The van der Waals surface area contributed by atoms with Gasteiger partial charge in [-0.25, -0.2) is 4.79 Å². The third kappa shape index (κ3) is 1.70. The van der Waals surface area contributed by atoms with Crippen molar-refractivity contribution in [2.24, 2.45) is 17.3 Å². The SMILES string of the molecule is C[C@@H]1CC[C@H]([C@@H](O)C(=O)O)C1(C)C. The largest absolute Gasteiger partial charge is 0.479 e. The van der Waals surface area contributed by atoms with Crippen LogP contribution in [0.2, 0.25) is 0 Å². The van der Waals surface area contributed by atoms with Crippen LogP contribution in [-0.4, -0.2) is 22.3 Å². The van der Waals surface area contributed by atoms with Gasteiger partial charge in [-0.1, -0.05) is 20.8 Å². The first-order valence-electron chi connectivity index (χ1n) is 4.78. The van der Waals surface area contributed by atoms with Crippen LogP contribution in [0.4, 0.5) is 0 Å². The van der Waals surface area contributed by atoms with Gasteiger partial charge in [-0.15, -0.1) is 0 Å². The van der Waals surface area contributed by atoms with Crippen LogP contribution in [0, 0.1) is 17.3 Å². The Morgan fingerprint density at radius 2 is 2.00 bits per heavy atom. The van der Waals surface area contributed by atoms with Crippen LogP contribution in [0.25, 0.3) is 0 Å². The highest BCUT2D eigenvalue weighted by Gasteiger charge is 2.45. The zero-order valence-corrected chi connectivity index (χ0v) is 8.45. The fourth-order valence-electron chi connectivity index (χ4n) is 2.28. The third-order valence-corrected chi connectivity index (χ3v) is 3.77. The van der Waals surface area contributed by atoms with Gasteiger partial charge in [-0.2, -0.15) is 0 Å². The Morgan fingerprint density at radius 3 is 2.31 bits per heavy atom. The molecule has 0 aliphatic heterocycles. The molecule has 0 radical (unpaired) electrons. The Balaban J connectivity index is 2.77. The summed E-state index contributed by atoms with van der Waals surface area (Å²) >= 11 is 0. The lowest BCUT2D eigenvalue weighted by Gasteiger charge is -2.32. The summed E-state index contributed by atoms with van der Waals surface area (Å²) in [7, 11) is 0. The molecule has 0 spiro atoms. The highest BCUT2D eigenvalue weighted by molar-refractivity contribution is 5.72. The van der Waals surface area contributed by atoms with Gasteiger partial charge in [0.2, 0.25) is 0 Å². The van der Waals surface area contributed by atoms with Crippen LogP contribution in [-0.2, 0) is 4.79 Å². The van der Waals surface area contributed by atoms with Crippen LogP contribution in [0.1, 0.15) is 33.6 Å². The molecule has 1 saturated carbocycles. The first-order chi connectivity index (χ1) is 5.87. The Hall–Kier alpha value is -0.570. The van der Waals surface area contributed by atoms with Gasteiger partial charge in [0.1, 0.15) is 0 Å². The molecular weight excluding hydrogens is 168 g/mol. The molecule has 3 heteroatoms. The molecule has 0 aromatic carbocycles. The molecular formula is C10H18O3. The molecule has 0 amide bonds. The monoisotopic (exact) mass is 186 g/mol. The summed E-state index contributed by atoms with van der Waals surface area (Å²) in [6, 6.07) is 0. The van der Waals surface area contributed by atoms with Crippen molar-refractivity contribution in [3.05, 3.63) is 0 Å². The van der Waals surface area contributed by atoms with E-state index in [0.717, 1.165) is 12.8 Å². The second-order valence-electron chi connectivity index (χ2n) is 4.69. The van der Waals surface area contributed by atoms with Crippen LogP contribution < -0.4 is 0 Å². The number of aliphatic hydroxyl groups excluding tert-OH is 1. The van der Waals surface area contributed by atoms with Gasteiger partial charge in [0.25, 0.3) is 0 Å². The maximum Gasteiger partial charge on any atom is 0.332 e. The molecule has 3 atom stereocenters. The predicted octanol–water partition coefficient (Wildman–Crippen LogP) is 1.50. The van der Waals surface area contributed by atoms with Crippen molar-refractivity contribution in [3.63, 3.8) is 0 Å². The summed E-state index contributed by atoms with van der Waals surface area (Å²) in [5, 5.41) is 18.2. The van der Waals surface area contributed by atoms with Crippen molar-refractivity contribution < 1.29 is 15.0 Å². The second kappa shape index (κ2) is 3.29. The van der Waals surface area contributed by atoms with Crippen molar-refractivity contribution in [1.82, 2.24) is 0 Å². The average Bonchev–Trinajstić information content (AvgIpc) is 2.26. The number of rotatable bonds is 2. The Kier molecular flexibility index (Phi) is 2.66. The standard InChI is InChI=1S/C10H18O3/c1-6-4-5-7(10(6,2)3)8(11)9(12)13/h6-8,11H,4-5H2,1-3H3,(H,12,13)/t6-,7-,8-/m1/s1. The number of carbonyl (C=O) groups is 1. The minimum Gasteiger partial charge on any atom is -0.479 e. The molecule has 1 fully saturated rings. The van der Waals surface area contributed by atoms with E-state index >= 15 is 0 Å². The Bertz CT molecular complexity index is 210. The number of carboxylic acid groups (broad SMARTS) is 1. The number of aliphatic hydroxyl groups is 1. The fraction of sp³-hybridized carbons (Fsp3) is 0.900. The Morgan fingerprint density at radius 1 is 1.46 bits per heavy atom. The van der Waals surface area contributed by atoms with Crippen LogP contribution >= 0.6 is 0 Å². The van der Waals surface area contributed by atoms with Crippen LogP contribution in [0.3, 0.4) is 0 Å². The van der Waals surface area contributed by atoms with E-state index in [4.69, 9.17) is 5.11 Å². The lowest BCUT2D eigenvalue weighted by molar-refractivity contribution is -0.152. The van der Waals surface area contributed by atoms with Gasteiger partial charge in [0, 0.05) is 5.92 Å². The second-order valence-corrected chi connectivity index (χ2v) is 4.69.